The smallest absolute Gasteiger partial charge is 0.330 e. The molecular weight excluding hydrogens is 334 g/mol. The van der Waals surface area contributed by atoms with Gasteiger partial charge in [-0.15, -0.1) is 0 Å². The molecule has 0 atom stereocenters. The van der Waals surface area contributed by atoms with E-state index < -0.39 is 29.1 Å². The normalized spacial score (nSPS) is 10.6. The van der Waals surface area contributed by atoms with Crippen molar-refractivity contribution in [2.24, 2.45) is 0 Å². The molecule has 0 saturated carbocycles. The molecule has 0 bridgehead atoms. The maximum Gasteiger partial charge on any atom is 0.330 e. The molecule has 25 heavy (non-hydrogen) atoms. The van der Waals surface area contributed by atoms with E-state index in [1.807, 2.05) is 0 Å². The highest BCUT2D eigenvalue weighted by Crippen LogP contribution is 2.20. The quantitative estimate of drug-likeness (QED) is 0.411. The van der Waals surface area contributed by atoms with Gasteiger partial charge in [-0.25, -0.2) is 4.79 Å². The van der Waals surface area contributed by atoms with Crippen LogP contribution in [0.2, 0.25) is 0 Å². The summed E-state index contributed by atoms with van der Waals surface area (Å²) in [7, 11) is 0. The Bertz CT molecular complexity index is 881. The molecule has 0 saturated heterocycles. The van der Waals surface area contributed by atoms with E-state index in [0.29, 0.717) is 0 Å². The highest BCUT2D eigenvalue weighted by molar-refractivity contribution is 5.82. The number of hydrogen-bond donors (Lipinski definition) is 0. The van der Waals surface area contributed by atoms with Crippen molar-refractivity contribution in [3.63, 3.8) is 0 Å². The fourth-order valence-corrected chi connectivity index (χ4v) is 2.40. The zero-order valence-corrected chi connectivity index (χ0v) is 13.8. The van der Waals surface area contributed by atoms with E-state index in [-0.39, 0.29) is 36.5 Å². The van der Waals surface area contributed by atoms with E-state index in [2.05, 4.69) is 0 Å². The molecule has 10 heteroatoms. The average Bonchev–Trinajstić information content (AvgIpc) is 2.80. The van der Waals surface area contributed by atoms with Crippen LogP contribution in [-0.2, 0) is 32.2 Å². The Hall–Kier alpha value is -3.17. The Morgan fingerprint density at radius 3 is 2.04 bits per heavy atom. The number of benzene rings is 1. The molecular formula is C15H17N3O7. The van der Waals surface area contributed by atoms with Crippen LogP contribution < -0.4 is 5.69 Å². The largest absolute Gasteiger partial charge is 0.465 e. The summed E-state index contributed by atoms with van der Waals surface area (Å²) < 4.78 is 11.8. The lowest BCUT2D eigenvalue weighted by atomic mass is 10.2. The number of carbonyl (C=O) groups excluding carboxylic acids is 2. The molecule has 134 valence electrons. The third-order valence-electron chi connectivity index (χ3n) is 3.40. The second-order valence-corrected chi connectivity index (χ2v) is 5.00. The fourth-order valence-electron chi connectivity index (χ4n) is 2.40. The molecule has 1 aromatic carbocycles. The number of imidazole rings is 1. The molecule has 0 radical (unpaired) electrons. The number of ether oxygens (including phenoxy) is 2. The van der Waals surface area contributed by atoms with Crippen molar-refractivity contribution in [2.45, 2.75) is 26.9 Å². The lowest BCUT2D eigenvalue weighted by molar-refractivity contribution is -0.384. The lowest BCUT2D eigenvalue weighted by Gasteiger charge is -2.03. The van der Waals surface area contributed by atoms with E-state index in [4.69, 9.17) is 9.47 Å². The van der Waals surface area contributed by atoms with Crippen LogP contribution in [0.15, 0.2) is 23.0 Å². The van der Waals surface area contributed by atoms with E-state index in [1.54, 1.807) is 13.8 Å². The highest BCUT2D eigenvalue weighted by atomic mass is 16.6. The van der Waals surface area contributed by atoms with Gasteiger partial charge in [0.25, 0.3) is 5.69 Å². The zero-order valence-electron chi connectivity index (χ0n) is 13.8. The molecule has 0 amide bonds. The van der Waals surface area contributed by atoms with E-state index >= 15 is 0 Å². The average molecular weight is 351 g/mol. The van der Waals surface area contributed by atoms with Gasteiger partial charge in [-0.05, 0) is 19.9 Å². The van der Waals surface area contributed by atoms with Crippen molar-refractivity contribution in [2.75, 3.05) is 13.2 Å². The fraction of sp³-hybridized carbons (Fsp3) is 0.400. The SMILES string of the molecule is CCOC(=O)Cn1c(=O)n(CC(=O)OCC)c2cc([N+](=O)[O-])ccc21. The number of rotatable bonds is 7. The topological polar surface area (TPSA) is 123 Å². The maximum atomic E-state index is 12.6. The van der Waals surface area contributed by atoms with Gasteiger partial charge >= 0.3 is 17.6 Å². The Kier molecular flexibility index (Phi) is 5.52. The van der Waals surface area contributed by atoms with Gasteiger partial charge in [-0.3, -0.25) is 28.8 Å². The third kappa shape index (κ3) is 3.84. The summed E-state index contributed by atoms with van der Waals surface area (Å²) in [4.78, 5) is 46.4. The first kappa shape index (κ1) is 18.2. The summed E-state index contributed by atoms with van der Waals surface area (Å²) in [6, 6.07) is 3.76. The second kappa shape index (κ2) is 7.60. The van der Waals surface area contributed by atoms with Crippen LogP contribution in [0.4, 0.5) is 5.69 Å². The number of carbonyl (C=O) groups is 2. The van der Waals surface area contributed by atoms with Gasteiger partial charge in [0.2, 0.25) is 0 Å². The third-order valence-corrected chi connectivity index (χ3v) is 3.40. The van der Waals surface area contributed by atoms with Crippen LogP contribution in [0.3, 0.4) is 0 Å². The molecule has 2 aromatic rings. The molecule has 2 rings (SSSR count). The molecule has 0 spiro atoms. The van der Waals surface area contributed by atoms with Gasteiger partial charge in [-0.2, -0.15) is 0 Å². The zero-order chi connectivity index (χ0) is 18.6. The van der Waals surface area contributed by atoms with E-state index in [9.17, 15) is 24.5 Å². The second-order valence-electron chi connectivity index (χ2n) is 5.00. The predicted molar refractivity (Wildman–Crippen MR) is 86.1 cm³/mol. The van der Waals surface area contributed by atoms with Crippen molar-refractivity contribution in [3.05, 3.63) is 38.8 Å². The molecule has 0 N–H and O–H groups in total. The monoisotopic (exact) mass is 351 g/mol. The summed E-state index contributed by atoms with van der Waals surface area (Å²) in [6.45, 7) is 2.76. The van der Waals surface area contributed by atoms with Gasteiger partial charge in [0.15, 0.2) is 0 Å². The first-order chi connectivity index (χ1) is 11.9. The van der Waals surface area contributed by atoms with Crippen LogP contribution in [0.1, 0.15) is 13.8 Å². The van der Waals surface area contributed by atoms with Crippen LogP contribution in [-0.4, -0.2) is 39.2 Å². The van der Waals surface area contributed by atoms with Crippen LogP contribution in [0.5, 0.6) is 0 Å². The molecule has 0 unspecified atom stereocenters. The summed E-state index contributed by atoms with van der Waals surface area (Å²) in [5.41, 5.74) is -0.445. The number of nitro groups is 1. The summed E-state index contributed by atoms with van der Waals surface area (Å²) >= 11 is 0. The Balaban J connectivity index is 2.59. The standard InChI is InChI=1S/C15H17N3O7/c1-3-24-13(19)8-16-11-6-5-10(18(22)23)7-12(11)17(15(16)21)9-14(20)25-4-2/h5-7H,3-4,8-9H2,1-2H3. The molecule has 0 aliphatic rings. The first-order valence-electron chi connectivity index (χ1n) is 7.57. The molecule has 0 fully saturated rings. The highest BCUT2D eigenvalue weighted by Gasteiger charge is 2.20. The minimum absolute atomic E-state index is 0.134. The van der Waals surface area contributed by atoms with Crippen molar-refractivity contribution in [1.82, 2.24) is 9.13 Å². The maximum absolute atomic E-state index is 12.6. The summed E-state index contributed by atoms with van der Waals surface area (Å²) in [6.07, 6.45) is 0. The molecule has 1 aromatic heterocycles. The van der Waals surface area contributed by atoms with Gasteiger partial charge < -0.3 is 9.47 Å². The molecule has 10 nitrogen and oxygen atoms in total. The van der Waals surface area contributed by atoms with E-state index in [1.165, 1.54) is 18.2 Å². The van der Waals surface area contributed by atoms with Gasteiger partial charge in [0, 0.05) is 12.1 Å². The number of esters is 2. The summed E-state index contributed by atoms with van der Waals surface area (Å²) in [5.74, 6) is -1.29. The van der Waals surface area contributed by atoms with Crippen molar-refractivity contribution in [3.8, 4) is 0 Å². The van der Waals surface area contributed by atoms with Crippen LogP contribution in [0, 0.1) is 10.1 Å². The van der Waals surface area contributed by atoms with Crippen LogP contribution >= 0.6 is 0 Å². The minimum atomic E-state index is -0.661. The number of fused-ring (bicyclic) bond motifs is 1. The molecule has 0 aliphatic carbocycles. The van der Waals surface area contributed by atoms with Crippen molar-refractivity contribution >= 4 is 28.7 Å². The van der Waals surface area contributed by atoms with Crippen molar-refractivity contribution in [1.29, 1.82) is 0 Å². The van der Waals surface area contributed by atoms with E-state index in [0.717, 1.165) is 9.13 Å². The van der Waals surface area contributed by atoms with Crippen LogP contribution in [0.25, 0.3) is 11.0 Å². The minimum Gasteiger partial charge on any atom is -0.465 e. The molecule has 0 aliphatic heterocycles. The van der Waals surface area contributed by atoms with Crippen molar-refractivity contribution < 1.29 is 24.0 Å². The predicted octanol–water partition coefficient (Wildman–Crippen LogP) is 0.837. The lowest BCUT2D eigenvalue weighted by Crippen LogP contribution is -2.30. The Labute approximate surface area is 141 Å². The van der Waals surface area contributed by atoms with Gasteiger partial charge in [0.05, 0.1) is 29.2 Å². The number of nitro benzene ring substituents is 1. The number of aromatic nitrogens is 2. The van der Waals surface area contributed by atoms with Gasteiger partial charge in [0.1, 0.15) is 13.1 Å². The Morgan fingerprint density at radius 1 is 1.04 bits per heavy atom. The first-order valence-corrected chi connectivity index (χ1v) is 7.57. The number of nitrogens with zero attached hydrogens (tertiary/aromatic N) is 3. The Morgan fingerprint density at radius 2 is 1.56 bits per heavy atom. The molecule has 1 heterocycles. The number of hydrogen-bond acceptors (Lipinski definition) is 7. The number of non-ortho nitro benzene ring substituents is 1. The van der Waals surface area contributed by atoms with Gasteiger partial charge in [-0.1, -0.05) is 0 Å². The summed E-state index contributed by atoms with van der Waals surface area (Å²) in [5, 5.41) is 11.0.